The van der Waals surface area contributed by atoms with Crippen LogP contribution in [0.2, 0.25) is 0 Å². The van der Waals surface area contributed by atoms with E-state index >= 15 is 0 Å². The van der Waals surface area contributed by atoms with Gasteiger partial charge in [-0.2, -0.15) is 5.26 Å². The van der Waals surface area contributed by atoms with Gasteiger partial charge in [-0.1, -0.05) is 25.0 Å². The Bertz CT molecular complexity index is 446. The van der Waals surface area contributed by atoms with Crippen molar-refractivity contribution in [3.05, 3.63) is 29.3 Å². The lowest BCUT2D eigenvalue weighted by Gasteiger charge is -2.11. The lowest BCUT2D eigenvalue weighted by Crippen LogP contribution is -2.14. The van der Waals surface area contributed by atoms with Crippen molar-refractivity contribution >= 4 is 5.78 Å². The molecule has 0 heterocycles. The molecular formula is C14H17NO2. The van der Waals surface area contributed by atoms with Gasteiger partial charge in [0.05, 0.1) is 18.7 Å². The van der Waals surface area contributed by atoms with E-state index in [1.165, 1.54) is 7.11 Å². The van der Waals surface area contributed by atoms with Gasteiger partial charge in [0.15, 0.2) is 5.78 Å². The average molecular weight is 231 g/mol. The van der Waals surface area contributed by atoms with Crippen LogP contribution in [0.4, 0.5) is 0 Å². The van der Waals surface area contributed by atoms with Crippen LogP contribution in [0, 0.1) is 24.2 Å². The molecular weight excluding hydrogens is 214 g/mol. The summed E-state index contributed by atoms with van der Waals surface area (Å²) in [5.41, 5.74) is 1.50. The van der Waals surface area contributed by atoms with Crippen molar-refractivity contribution in [1.82, 2.24) is 0 Å². The highest BCUT2D eigenvalue weighted by molar-refractivity contribution is 6.01. The van der Waals surface area contributed by atoms with Gasteiger partial charge in [-0.25, -0.2) is 0 Å². The minimum atomic E-state index is -0.573. The summed E-state index contributed by atoms with van der Waals surface area (Å²) >= 11 is 0. The summed E-state index contributed by atoms with van der Waals surface area (Å²) in [7, 11) is 1.53. The summed E-state index contributed by atoms with van der Waals surface area (Å²) in [4.78, 5) is 12.2. The maximum atomic E-state index is 12.2. The number of hydrogen-bond donors (Lipinski definition) is 0. The van der Waals surface area contributed by atoms with E-state index < -0.39 is 5.92 Å². The average Bonchev–Trinajstić information content (AvgIpc) is 2.35. The Morgan fingerprint density at radius 2 is 2.24 bits per heavy atom. The summed E-state index contributed by atoms with van der Waals surface area (Å²) in [6.07, 6.45) is 1.41. The Balaban J connectivity index is 3.10. The molecule has 0 fully saturated rings. The first-order chi connectivity index (χ1) is 8.13. The Kier molecular flexibility index (Phi) is 4.71. The number of methoxy groups -OCH3 is 1. The lowest BCUT2D eigenvalue weighted by molar-refractivity contribution is 0.0940. The normalized spacial score (nSPS) is 11.6. The zero-order valence-corrected chi connectivity index (χ0v) is 10.5. The van der Waals surface area contributed by atoms with E-state index in [0.29, 0.717) is 17.7 Å². The van der Waals surface area contributed by atoms with Crippen LogP contribution in [0.25, 0.3) is 0 Å². The summed E-state index contributed by atoms with van der Waals surface area (Å²) in [5, 5.41) is 9.01. The molecule has 3 heteroatoms. The number of Topliss-reactive ketones (excluding diaryl/α,β-unsaturated/α-hetero) is 1. The van der Waals surface area contributed by atoms with Gasteiger partial charge in [-0.05, 0) is 25.5 Å². The molecule has 90 valence electrons. The van der Waals surface area contributed by atoms with Crippen molar-refractivity contribution in [3.63, 3.8) is 0 Å². The Morgan fingerprint density at radius 3 is 2.76 bits per heavy atom. The van der Waals surface area contributed by atoms with Gasteiger partial charge in [0.2, 0.25) is 0 Å². The van der Waals surface area contributed by atoms with Crippen molar-refractivity contribution in [2.75, 3.05) is 7.11 Å². The topological polar surface area (TPSA) is 50.1 Å². The molecule has 0 saturated heterocycles. The number of nitriles is 1. The molecule has 1 atom stereocenters. The molecule has 0 aliphatic rings. The highest BCUT2D eigenvalue weighted by Crippen LogP contribution is 2.24. The third-order valence-corrected chi connectivity index (χ3v) is 2.67. The van der Waals surface area contributed by atoms with Gasteiger partial charge in [0.25, 0.3) is 0 Å². The largest absolute Gasteiger partial charge is 0.496 e. The molecule has 0 spiro atoms. The third-order valence-electron chi connectivity index (χ3n) is 2.67. The molecule has 0 aromatic heterocycles. The van der Waals surface area contributed by atoms with E-state index in [4.69, 9.17) is 10.00 Å². The molecule has 1 aromatic carbocycles. The molecule has 3 nitrogen and oxygen atoms in total. The third kappa shape index (κ3) is 3.07. The molecule has 0 radical (unpaired) electrons. The predicted molar refractivity (Wildman–Crippen MR) is 66.1 cm³/mol. The van der Waals surface area contributed by atoms with Gasteiger partial charge in [-0.3, -0.25) is 4.79 Å². The molecule has 0 aliphatic heterocycles. The number of rotatable bonds is 5. The first-order valence-corrected chi connectivity index (χ1v) is 5.72. The Labute approximate surface area is 102 Å². The number of aryl methyl sites for hydroxylation is 1. The monoisotopic (exact) mass is 231 g/mol. The lowest BCUT2D eigenvalue weighted by atomic mass is 9.93. The molecule has 0 amide bonds. The summed E-state index contributed by atoms with van der Waals surface area (Å²) < 4.78 is 5.16. The summed E-state index contributed by atoms with van der Waals surface area (Å²) in [5.74, 6) is -0.178. The zero-order chi connectivity index (χ0) is 12.8. The highest BCUT2D eigenvalue weighted by Gasteiger charge is 2.21. The van der Waals surface area contributed by atoms with Gasteiger partial charge in [0, 0.05) is 0 Å². The molecule has 1 rings (SSSR count). The van der Waals surface area contributed by atoms with Crippen molar-refractivity contribution < 1.29 is 9.53 Å². The second kappa shape index (κ2) is 6.05. The SMILES string of the molecule is CCCC(C#N)C(=O)c1cc(C)ccc1OC. The molecule has 0 N–H and O–H groups in total. The first kappa shape index (κ1) is 13.2. The van der Waals surface area contributed by atoms with Crippen LogP contribution in [0.3, 0.4) is 0 Å². The van der Waals surface area contributed by atoms with E-state index in [-0.39, 0.29) is 5.78 Å². The minimum absolute atomic E-state index is 0.144. The second-order valence-electron chi connectivity index (χ2n) is 4.04. The Morgan fingerprint density at radius 1 is 1.53 bits per heavy atom. The molecule has 0 saturated carbocycles. The summed E-state index contributed by atoms with van der Waals surface area (Å²) in [6, 6.07) is 7.50. The van der Waals surface area contributed by atoms with Gasteiger partial charge >= 0.3 is 0 Å². The van der Waals surface area contributed by atoms with Gasteiger partial charge in [-0.15, -0.1) is 0 Å². The predicted octanol–water partition coefficient (Wildman–Crippen LogP) is 3.13. The maximum Gasteiger partial charge on any atom is 0.183 e. The van der Waals surface area contributed by atoms with Crippen molar-refractivity contribution in [2.45, 2.75) is 26.7 Å². The van der Waals surface area contributed by atoms with Crippen LogP contribution in [0.15, 0.2) is 18.2 Å². The number of nitrogens with zero attached hydrogens (tertiary/aromatic N) is 1. The first-order valence-electron chi connectivity index (χ1n) is 5.72. The van der Waals surface area contributed by atoms with E-state index in [9.17, 15) is 4.79 Å². The Hall–Kier alpha value is -1.82. The van der Waals surface area contributed by atoms with Crippen LogP contribution in [-0.2, 0) is 0 Å². The van der Waals surface area contributed by atoms with Crippen molar-refractivity contribution in [1.29, 1.82) is 5.26 Å². The van der Waals surface area contributed by atoms with E-state index in [1.54, 1.807) is 12.1 Å². The fraction of sp³-hybridized carbons (Fsp3) is 0.429. The zero-order valence-electron chi connectivity index (χ0n) is 10.5. The second-order valence-corrected chi connectivity index (χ2v) is 4.04. The quantitative estimate of drug-likeness (QED) is 0.731. The molecule has 0 aliphatic carbocycles. The maximum absolute atomic E-state index is 12.2. The fourth-order valence-corrected chi connectivity index (χ4v) is 1.75. The number of hydrogen-bond acceptors (Lipinski definition) is 3. The smallest absolute Gasteiger partial charge is 0.183 e. The van der Waals surface area contributed by atoms with Crippen molar-refractivity contribution in [3.8, 4) is 11.8 Å². The van der Waals surface area contributed by atoms with Gasteiger partial charge < -0.3 is 4.74 Å². The van der Waals surface area contributed by atoms with Crippen LogP contribution >= 0.6 is 0 Å². The molecule has 1 unspecified atom stereocenters. The number of carbonyl (C=O) groups excluding carboxylic acids is 1. The highest BCUT2D eigenvalue weighted by atomic mass is 16.5. The fourth-order valence-electron chi connectivity index (χ4n) is 1.75. The number of benzene rings is 1. The van der Waals surface area contributed by atoms with Crippen molar-refractivity contribution in [2.24, 2.45) is 5.92 Å². The molecule has 0 bridgehead atoms. The number of ether oxygens (including phenoxy) is 1. The molecule has 17 heavy (non-hydrogen) atoms. The van der Waals surface area contributed by atoms with Crippen LogP contribution < -0.4 is 4.74 Å². The number of carbonyl (C=O) groups is 1. The van der Waals surface area contributed by atoms with Crippen LogP contribution in [0.5, 0.6) is 5.75 Å². The van der Waals surface area contributed by atoms with Gasteiger partial charge in [0.1, 0.15) is 11.7 Å². The van der Waals surface area contributed by atoms with E-state index in [2.05, 4.69) is 6.07 Å². The van der Waals surface area contributed by atoms with E-state index in [0.717, 1.165) is 12.0 Å². The number of ketones is 1. The van der Waals surface area contributed by atoms with E-state index in [1.807, 2.05) is 19.9 Å². The standard InChI is InChI=1S/C14H17NO2/c1-4-5-11(9-15)14(16)12-8-10(2)6-7-13(12)17-3/h6-8,11H,4-5H2,1-3H3. The summed E-state index contributed by atoms with van der Waals surface area (Å²) in [6.45, 7) is 3.88. The van der Waals surface area contributed by atoms with Crippen LogP contribution in [0.1, 0.15) is 35.7 Å². The molecule has 1 aromatic rings. The van der Waals surface area contributed by atoms with Crippen LogP contribution in [-0.4, -0.2) is 12.9 Å². The minimum Gasteiger partial charge on any atom is -0.496 e.